The smallest absolute Gasteiger partial charge is 0.194 e. The minimum Gasteiger partial charge on any atom is -0.412 e. The molecule has 2 rings (SSSR count). The lowest BCUT2D eigenvalue weighted by Gasteiger charge is -2.11. The lowest BCUT2D eigenvalue weighted by Crippen LogP contribution is -2.13. The summed E-state index contributed by atoms with van der Waals surface area (Å²) in [5, 5.41) is 0.534. The van der Waals surface area contributed by atoms with Gasteiger partial charge in [0.1, 0.15) is 0 Å². The first-order valence-corrected chi connectivity index (χ1v) is 6.90. The average molecular weight is 288 g/mol. The summed E-state index contributed by atoms with van der Waals surface area (Å²) in [5.74, 6) is -0.0612. The molecule has 0 radical (unpaired) electrons. The maximum absolute atomic E-state index is 12.6. The molecule has 0 spiro atoms. The van der Waals surface area contributed by atoms with Crippen LogP contribution < -0.4 is 5.30 Å². The molecule has 0 fully saturated rings. The molecular weight excluding hydrogens is 271 g/mol. The van der Waals surface area contributed by atoms with E-state index in [1.807, 2.05) is 32.9 Å². The molecule has 2 aromatic carbocycles. The van der Waals surface area contributed by atoms with Gasteiger partial charge in [0.15, 0.2) is 14.2 Å². The summed E-state index contributed by atoms with van der Waals surface area (Å²) in [7, 11) is -0.125. The largest absolute Gasteiger partial charge is 0.412 e. The molecule has 0 aromatic heterocycles. The van der Waals surface area contributed by atoms with Gasteiger partial charge in [0.25, 0.3) is 0 Å². The number of ketones is 1. The normalized spacial score (nSPS) is 10.2. The number of carbonyl (C=O) groups is 1. The Hall–Kier alpha value is -1.83. The van der Waals surface area contributed by atoms with Crippen LogP contribution in [0.25, 0.3) is 0 Å². The summed E-state index contributed by atoms with van der Waals surface area (Å²) in [4.78, 5) is 12.6. The van der Waals surface area contributed by atoms with Gasteiger partial charge in [-0.15, -0.1) is 0 Å². The molecule has 0 aliphatic heterocycles. The van der Waals surface area contributed by atoms with E-state index >= 15 is 0 Å². The fourth-order valence-electron chi connectivity index (χ4n) is 2.42. The van der Waals surface area contributed by atoms with Crippen LogP contribution >= 0.6 is 8.46 Å². The molecule has 0 aliphatic rings. The second kappa shape index (κ2) is 6.56. The van der Waals surface area contributed by atoms with E-state index in [0.717, 1.165) is 16.7 Å². The Labute approximate surface area is 120 Å². The first-order valence-electron chi connectivity index (χ1n) is 6.09. The number of aryl methyl sites for hydroxylation is 3. The maximum Gasteiger partial charge on any atom is 0.194 e. The molecule has 4 heteroatoms. The molecular formula is C16H17O3P. The van der Waals surface area contributed by atoms with Gasteiger partial charge in [-0.25, -0.2) is 0 Å². The molecule has 2 aromatic rings. The molecule has 0 bridgehead atoms. The topological polar surface area (TPSA) is 65.6 Å². The van der Waals surface area contributed by atoms with Crippen molar-refractivity contribution in [3.05, 3.63) is 64.2 Å². The van der Waals surface area contributed by atoms with Gasteiger partial charge < -0.3 is 5.48 Å². The molecule has 3 nitrogen and oxygen atoms in total. The third kappa shape index (κ3) is 3.01. The van der Waals surface area contributed by atoms with E-state index in [1.54, 1.807) is 24.3 Å². The van der Waals surface area contributed by atoms with Crippen molar-refractivity contribution in [3.63, 3.8) is 0 Å². The molecule has 0 saturated heterocycles. The van der Waals surface area contributed by atoms with Gasteiger partial charge in [-0.2, -0.15) is 0 Å². The van der Waals surface area contributed by atoms with Crippen LogP contribution in [0.2, 0.25) is 0 Å². The predicted octanol–water partition coefficient (Wildman–Crippen LogP) is 2.94. The number of carbonyl (C=O) groups excluding carboxylic acids is 1. The zero-order valence-electron chi connectivity index (χ0n) is 11.7. The number of benzene rings is 2. The van der Waals surface area contributed by atoms with E-state index < -0.39 is 0 Å². The Morgan fingerprint density at radius 3 is 2.10 bits per heavy atom. The van der Waals surface area contributed by atoms with Gasteiger partial charge in [0, 0.05) is 11.1 Å². The molecule has 0 atom stereocenters. The standard InChI is InChI=1S/C16H15O2P.H2O/c1-10-8-11(2)15(12(3)9-10)16(17)13-6-4-5-7-14(13)19-18;/h4-9H,1-3H3;1H2. The molecule has 0 amide bonds. The molecule has 0 saturated carbocycles. The average Bonchev–Trinajstić information content (AvgIpc) is 2.37. The van der Waals surface area contributed by atoms with E-state index in [-0.39, 0.29) is 19.7 Å². The van der Waals surface area contributed by atoms with Crippen molar-refractivity contribution >= 4 is 19.5 Å². The van der Waals surface area contributed by atoms with Crippen molar-refractivity contribution in [2.45, 2.75) is 20.8 Å². The highest BCUT2D eigenvalue weighted by molar-refractivity contribution is 7.34. The third-order valence-corrected chi connectivity index (χ3v) is 3.74. The maximum atomic E-state index is 12.6. The summed E-state index contributed by atoms with van der Waals surface area (Å²) in [6.07, 6.45) is 0. The molecule has 20 heavy (non-hydrogen) atoms. The van der Waals surface area contributed by atoms with Crippen molar-refractivity contribution in [1.82, 2.24) is 0 Å². The number of hydrogen-bond donors (Lipinski definition) is 0. The highest BCUT2D eigenvalue weighted by atomic mass is 31.1. The monoisotopic (exact) mass is 288 g/mol. The zero-order valence-corrected chi connectivity index (χ0v) is 12.6. The van der Waals surface area contributed by atoms with E-state index in [2.05, 4.69) is 0 Å². The van der Waals surface area contributed by atoms with Crippen LogP contribution in [0.15, 0.2) is 36.4 Å². The van der Waals surface area contributed by atoms with Crippen LogP contribution in [0.5, 0.6) is 0 Å². The summed E-state index contributed by atoms with van der Waals surface area (Å²) < 4.78 is 11.1. The van der Waals surface area contributed by atoms with Gasteiger partial charge >= 0.3 is 0 Å². The van der Waals surface area contributed by atoms with E-state index in [0.29, 0.717) is 16.4 Å². The summed E-state index contributed by atoms with van der Waals surface area (Å²) in [5.41, 5.74) is 4.28. The van der Waals surface area contributed by atoms with Crippen LogP contribution in [-0.4, -0.2) is 11.3 Å². The summed E-state index contributed by atoms with van der Waals surface area (Å²) in [6, 6.07) is 11.0. The third-order valence-electron chi connectivity index (χ3n) is 3.15. The van der Waals surface area contributed by atoms with Crippen molar-refractivity contribution in [3.8, 4) is 0 Å². The minimum atomic E-state index is -0.125. The van der Waals surface area contributed by atoms with Gasteiger partial charge in [-0.05, 0) is 44.0 Å². The summed E-state index contributed by atoms with van der Waals surface area (Å²) in [6.45, 7) is 5.88. The van der Waals surface area contributed by atoms with Crippen molar-refractivity contribution in [1.29, 1.82) is 0 Å². The SMILES string of the molecule is Cc1cc(C)c(C(=O)c2ccccc2P=O)c(C)c1.O. The van der Waals surface area contributed by atoms with Crippen LogP contribution in [-0.2, 0) is 4.57 Å². The van der Waals surface area contributed by atoms with Crippen molar-refractivity contribution < 1.29 is 14.8 Å². The van der Waals surface area contributed by atoms with Crippen LogP contribution in [0.4, 0.5) is 0 Å². The minimum absolute atomic E-state index is 0. The Morgan fingerprint density at radius 1 is 1.00 bits per heavy atom. The molecule has 0 aliphatic carbocycles. The Bertz CT molecular complexity index is 640. The molecule has 2 N–H and O–H groups in total. The first-order chi connectivity index (χ1) is 9.04. The molecule has 0 heterocycles. The van der Waals surface area contributed by atoms with Crippen LogP contribution in [0, 0.1) is 20.8 Å². The Balaban J connectivity index is 0.00000200. The zero-order chi connectivity index (χ0) is 14.0. The Morgan fingerprint density at radius 2 is 1.55 bits per heavy atom. The molecule has 0 unspecified atom stereocenters. The second-order valence-electron chi connectivity index (χ2n) is 4.71. The molecule has 104 valence electrons. The van der Waals surface area contributed by atoms with Crippen molar-refractivity contribution in [2.75, 3.05) is 0 Å². The predicted molar refractivity (Wildman–Crippen MR) is 81.4 cm³/mol. The van der Waals surface area contributed by atoms with Gasteiger partial charge in [-0.1, -0.05) is 29.8 Å². The lowest BCUT2D eigenvalue weighted by atomic mass is 9.93. The first kappa shape index (κ1) is 16.2. The highest BCUT2D eigenvalue weighted by Gasteiger charge is 2.17. The van der Waals surface area contributed by atoms with E-state index in [4.69, 9.17) is 0 Å². The summed E-state index contributed by atoms with van der Waals surface area (Å²) >= 11 is 0. The van der Waals surface area contributed by atoms with Gasteiger partial charge in [0.05, 0.1) is 5.30 Å². The number of hydrogen-bond acceptors (Lipinski definition) is 2. The fourth-order valence-corrected chi connectivity index (χ4v) is 2.84. The van der Waals surface area contributed by atoms with Gasteiger partial charge in [-0.3, -0.25) is 9.36 Å². The quantitative estimate of drug-likeness (QED) is 0.643. The Kier molecular flexibility index (Phi) is 5.32. The highest BCUT2D eigenvalue weighted by Crippen LogP contribution is 2.20. The van der Waals surface area contributed by atoms with Gasteiger partial charge in [0.2, 0.25) is 0 Å². The van der Waals surface area contributed by atoms with Crippen LogP contribution in [0.3, 0.4) is 0 Å². The van der Waals surface area contributed by atoms with E-state index in [9.17, 15) is 9.36 Å². The number of rotatable bonds is 3. The van der Waals surface area contributed by atoms with Crippen molar-refractivity contribution in [2.24, 2.45) is 0 Å². The van der Waals surface area contributed by atoms with E-state index in [1.165, 1.54) is 0 Å². The fraction of sp³-hybridized carbons (Fsp3) is 0.188. The lowest BCUT2D eigenvalue weighted by molar-refractivity contribution is 0.103. The second-order valence-corrected chi connectivity index (χ2v) is 5.38. The van der Waals surface area contributed by atoms with Crippen LogP contribution in [0.1, 0.15) is 32.6 Å².